The molecule has 4 nitrogen and oxygen atoms in total. The summed E-state index contributed by atoms with van der Waals surface area (Å²) in [7, 11) is 0. The van der Waals surface area contributed by atoms with E-state index in [0.717, 1.165) is 10.7 Å². The lowest BCUT2D eigenvalue weighted by Crippen LogP contribution is -2.20. The average Bonchev–Trinajstić information content (AvgIpc) is 2.71. The molecule has 0 aliphatic rings. The highest BCUT2D eigenvalue weighted by molar-refractivity contribution is 6.32. The number of amides is 1. The molecule has 0 aliphatic heterocycles. The number of benzene rings is 1. The van der Waals surface area contributed by atoms with Gasteiger partial charge in [-0.25, -0.2) is 4.39 Å². The zero-order valence-electron chi connectivity index (χ0n) is 11.5. The monoisotopic (exact) mass is 369 g/mol. The van der Waals surface area contributed by atoms with Gasteiger partial charge < -0.3 is 5.32 Å². The van der Waals surface area contributed by atoms with Crippen molar-refractivity contribution in [1.82, 2.24) is 9.78 Å². The lowest BCUT2D eigenvalue weighted by molar-refractivity contribution is -0.141. The van der Waals surface area contributed by atoms with Crippen molar-refractivity contribution in [1.29, 1.82) is 0 Å². The second kappa shape index (κ2) is 6.37. The van der Waals surface area contributed by atoms with E-state index in [2.05, 4.69) is 10.4 Å². The highest BCUT2D eigenvalue weighted by Gasteiger charge is 2.38. The number of carbonyl (C=O) groups is 1. The summed E-state index contributed by atoms with van der Waals surface area (Å²) in [6.45, 7) is 0.823. The molecule has 0 bridgehead atoms. The Hall–Kier alpha value is -1.80. The second-order valence-electron chi connectivity index (χ2n) is 4.58. The summed E-state index contributed by atoms with van der Waals surface area (Å²) in [6, 6.07) is 3.50. The summed E-state index contributed by atoms with van der Waals surface area (Å²) in [6.07, 6.45) is -4.71. The van der Waals surface area contributed by atoms with Crippen LogP contribution in [0.25, 0.3) is 0 Å². The van der Waals surface area contributed by atoms with E-state index in [0.29, 0.717) is 0 Å². The fourth-order valence-electron chi connectivity index (χ4n) is 1.77. The molecule has 2 aromatic rings. The van der Waals surface area contributed by atoms with Crippen molar-refractivity contribution in [3.63, 3.8) is 0 Å². The molecular weight excluding hydrogens is 361 g/mol. The number of anilines is 1. The average molecular weight is 370 g/mol. The topological polar surface area (TPSA) is 46.9 Å². The largest absolute Gasteiger partial charge is 0.436 e. The highest BCUT2D eigenvalue weighted by atomic mass is 35.5. The number of carbonyl (C=O) groups excluding carboxylic acids is 1. The van der Waals surface area contributed by atoms with Crippen molar-refractivity contribution in [3.05, 3.63) is 45.4 Å². The lowest BCUT2D eigenvalue weighted by Gasteiger charge is -2.07. The Bertz CT molecular complexity index is 758. The Morgan fingerprint density at radius 3 is 2.52 bits per heavy atom. The molecule has 0 aliphatic carbocycles. The van der Waals surface area contributed by atoms with Crippen LogP contribution in [0.4, 0.5) is 23.2 Å². The minimum Gasteiger partial charge on any atom is -0.324 e. The van der Waals surface area contributed by atoms with Crippen molar-refractivity contribution >= 4 is 34.8 Å². The van der Waals surface area contributed by atoms with Crippen LogP contribution in [0.15, 0.2) is 18.2 Å². The van der Waals surface area contributed by atoms with E-state index in [1.54, 1.807) is 0 Å². The standard InChI is InChI=1S/C13H9Cl2F4N3O/c1-6-11(15)12(13(17,18)19)21-22(6)5-10(23)20-7-2-3-9(16)8(14)4-7/h2-4H,5H2,1H3,(H,20,23). The molecule has 0 saturated heterocycles. The minimum atomic E-state index is -4.71. The van der Waals surface area contributed by atoms with Gasteiger partial charge in [-0.2, -0.15) is 18.3 Å². The van der Waals surface area contributed by atoms with Crippen LogP contribution < -0.4 is 5.32 Å². The third-order valence-electron chi connectivity index (χ3n) is 2.90. The Kier molecular flexibility index (Phi) is 4.86. The molecule has 0 fully saturated rings. The first-order chi connectivity index (χ1) is 10.6. The molecular formula is C13H9Cl2F4N3O. The second-order valence-corrected chi connectivity index (χ2v) is 5.37. The van der Waals surface area contributed by atoms with Gasteiger partial charge in [-0.05, 0) is 25.1 Å². The summed E-state index contributed by atoms with van der Waals surface area (Å²) in [5.41, 5.74) is -1.05. The number of nitrogens with zero attached hydrogens (tertiary/aromatic N) is 2. The Morgan fingerprint density at radius 2 is 2.00 bits per heavy atom. The smallest absolute Gasteiger partial charge is 0.324 e. The molecule has 1 amide bonds. The Morgan fingerprint density at radius 1 is 1.35 bits per heavy atom. The maximum absolute atomic E-state index is 13.0. The van der Waals surface area contributed by atoms with Crippen LogP contribution in [-0.4, -0.2) is 15.7 Å². The normalized spacial score (nSPS) is 11.6. The molecule has 1 N–H and O–H groups in total. The number of nitrogens with one attached hydrogen (secondary N) is 1. The van der Waals surface area contributed by atoms with Gasteiger partial charge >= 0.3 is 6.18 Å². The van der Waals surface area contributed by atoms with Crippen LogP contribution in [0.2, 0.25) is 10.0 Å². The lowest BCUT2D eigenvalue weighted by atomic mass is 10.3. The number of aromatic nitrogens is 2. The molecule has 0 radical (unpaired) electrons. The Balaban J connectivity index is 2.16. The van der Waals surface area contributed by atoms with Crippen LogP contribution in [0.1, 0.15) is 11.4 Å². The SMILES string of the molecule is Cc1c(Cl)c(C(F)(F)F)nn1CC(=O)Nc1ccc(F)c(Cl)c1. The molecule has 0 saturated carbocycles. The summed E-state index contributed by atoms with van der Waals surface area (Å²) in [5.74, 6) is -1.32. The molecule has 1 heterocycles. The minimum absolute atomic E-state index is 0.00581. The van der Waals surface area contributed by atoms with Gasteiger partial charge in [0, 0.05) is 5.69 Å². The number of hydrogen-bond donors (Lipinski definition) is 1. The summed E-state index contributed by atoms with van der Waals surface area (Å²) in [4.78, 5) is 11.9. The number of halogens is 6. The van der Waals surface area contributed by atoms with Gasteiger partial charge in [0.05, 0.1) is 15.7 Å². The van der Waals surface area contributed by atoms with E-state index in [4.69, 9.17) is 23.2 Å². The number of hydrogen-bond acceptors (Lipinski definition) is 2. The Labute approximate surface area is 138 Å². The molecule has 1 aromatic carbocycles. The van der Waals surface area contributed by atoms with Gasteiger partial charge in [0.15, 0.2) is 5.69 Å². The predicted octanol–water partition coefficient (Wildman–Crippen LogP) is 4.29. The van der Waals surface area contributed by atoms with Crippen molar-refractivity contribution in [3.8, 4) is 0 Å². The van der Waals surface area contributed by atoms with Crippen LogP contribution >= 0.6 is 23.2 Å². The van der Waals surface area contributed by atoms with Gasteiger partial charge in [0.1, 0.15) is 12.4 Å². The van der Waals surface area contributed by atoms with Crippen LogP contribution in [0, 0.1) is 12.7 Å². The zero-order chi connectivity index (χ0) is 17.4. The van der Waals surface area contributed by atoms with E-state index in [1.165, 1.54) is 19.1 Å². The van der Waals surface area contributed by atoms with E-state index < -0.39 is 35.2 Å². The van der Waals surface area contributed by atoms with Crippen molar-refractivity contribution in [2.45, 2.75) is 19.6 Å². The molecule has 0 spiro atoms. The van der Waals surface area contributed by atoms with Crippen LogP contribution in [0.3, 0.4) is 0 Å². The van der Waals surface area contributed by atoms with Crippen molar-refractivity contribution in [2.24, 2.45) is 0 Å². The zero-order valence-corrected chi connectivity index (χ0v) is 13.0. The summed E-state index contributed by atoms with van der Waals surface area (Å²) < 4.78 is 51.9. The molecule has 2 rings (SSSR count). The third-order valence-corrected chi connectivity index (χ3v) is 3.64. The van der Waals surface area contributed by atoms with E-state index >= 15 is 0 Å². The molecule has 0 unspecified atom stereocenters. The van der Waals surface area contributed by atoms with Gasteiger partial charge in [0.2, 0.25) is 5.91 Å². The molecule has 10 heteroatoms. The fourth-order valence-corrected chi connectivity index (χ4v) is 2.19. The number of alkyl halides is 3. The summed E-state index contributed by atoms with van der Waals surface area (Å²) >= 11 is 11.2. The van der Waals surface area contributed by atoms with Gasteiger partial charge in [-0.3, -0.25) is 9.48 Å². The van der Waals surface area contributed by atoms with E-state index in [9.17, 15) is 22.4 Å². The molecule has 124 valence electrons. The van der Waals surface area contributed by atoms with Crippen molar-refractivity contribution < 1.29 is 22.4 Å². The first-order valence-corrected chi connectivity index (χ1v) is 6.90. The fraction of sp³-hybridized carbons (Fsp3) is 0.231. The van der Waals surface area contributed by atoms with Gasteiger partial charge in [0.25, 0.3) is 0 Å². The first-order valence-electron chi connectivity index (χ1n) is 6.14. The molecule has 0 atom stereocenters. The van der Waals surface area contributed by atoms with Gasteiger partial charge in [-0.15, -0.1) is 0 Å². The van der Waals surface area contributed by atoms with Crippen molar-refractivity contribution in [2.75, 3.05) is 5.32 Å². The first kappa shape index (κ1) is 17.6. The van der Waals surface area contributed by atoms with Crippen LogP contribution in [-0.2, 0) is 17.5 Å². The third kappa shape index (κ3) is 3.94. The summed E-state index contributed by atoms with van der Waals surface area (Å²) in [5, 5.41) is 4.93. The van der Waals surface area contributed by atoms with E-state index in [1.807, 2.05) is 0 Å². The van der Waals surface area contributed by atoms with Gasteiger partial charge in [-0.1, -0.05) is 23.2 Å². The maximum atomic E-state index is 13.0. The molecule has 1 aromatic heterocycles. The number of rotatable bonds is 3. The quantitative estimate of drug-likeness (QED) is 0.820. The highest BCUT2D eigenvalue weighted by Crippen LogP contribution is 2.35. The van der Waals surface area contributed by atoms with E-state index in [-0.39, 0.29) is 16.4 Å². The predicted molar refractivity (Wildman–Crippen MR) is 77.0 cm³/mol. The maximum Gasteiger partial charge on any atom is 0.436 e. The molecule has 23 heavy (non-hydrogen) atoms. The van der Waals surface area contributed by atoms with Crippen LogP contribution in [0.5, 0.6) is 0 Å².